The summed E-state index contributed by atoms with van der Waals surface area (Å²) in [5.41, 5.74) is 1.26. The molecule has 17 heavy (non-hydrogen) atoms. The topological polar surface area (TPSA) is 33.7 Å². The van der Waals surface area contributed by atoms with Gasteiger partial charge >= 0.3 is 0 Å². The standard InChI is InChI=1S/C14H15NOS/c1-11(12-6-3-2-4-7-12)15-10-13(16)14-8-5-9-17-14/h2-9,11,15H,10H2,1H3/p+1/t11-/m0/s1. The summed E-state index contributed by atoms with van der Waals surface area (Å²) in [6.07, 6.45) is 0. The van der Waals surface area contributed by atoms with Crippen LogP contribution in [-0.4, -0.2) is 12.3 Å². The first-order valence-electron chi connectivity index (χ1n) is 5.72. The predicted molar refractivity (Wildman–Crippen MR) is 70.3 cm³/mol. The van der Waals surface area contributed by atoms with E-state index in [9.17, 15) is 4.79 Å². The van der Waals surface area contributed by atoms with E-state index in [0.717, 1.165) is 4.88 Å². The molecule has 2 nitrogen and oxygen atoms in total. The number of carbonyl (C=O) groups excluding carboxylic acids is 1. The van der Waals surface area contributed by atoms with Crippen LogP contribution in [0.4, 0.5) is 0 Å². The highest BCUT2D eigenvalue weighted by atomic mass is 32.1. The molecule has 0 bridgehead atoms. The van der Waals surface area contributed by atoms with E-state index in [2.05, 4.69) is 24.4 Å². The molecule has 0 saturated heterocycles. The number of rotatable bonds is 5. The number of benzene rings is 1. The maximum absolute atomic E-state index is 11.8. The van der Waals surface area contributed by atoms with Gasteiger partial charge in [-0.05, 0) is 18.4 Å². The fourth-order valence-electron chi connectivity index (χ4n) is 1.71. The van der Waals surface area contributed by atoms with E-state index in [1.165, 1.54) is 16.9 Å². The van der Waals surface area contributed by atoms with Crippen LogP contribution in [0.15, 0.2) is 47.8 Å². The van der Waals surface area contributed by atoms with Crippen LogP contribution in [0.3, 0.4) is 0 Å². The minimum Gasteiger partial charge on any atom is -0.334 e. The zero-order valence-electron chi connectivity index (χ0n) is 9.80. The number of thiophene rings is 1. The largest absolute Gasteiger partial charge is 0.334 e. The van der Waals surface area contributed by atoms with Crippen molar-refractivity contribution in [1.29, 1.82) is 0 Å². The lowest BCUT2D eigenvalue weighted by Crippen LogP contribution is -2.86. The average molecular weight is 246 g/mol. The van der Waals surface area contributed by atoms with Crippen molar-refractivity contribution in [2.75, 3.05) is 6.54 Å². The van der Waals surface area contributed by atoms with Crippen molar-refractivity contribution in [2.45, 2.75) is 13.0 Å². The van der Waals surface area contributed by atoms with E-state index in [1.807, 2.05) is 35.7 Å². The van der Waals surface area contributed by atoms with Gasteiger partial charge in [-0.15, -0.1) is 11.3 Å². The second-order valence-electron chi connectivity index (χ2n) is 4.04. The molecule has 0 spiro atoms. The molecule has 0 unspecified atom stereocenters. The van der Waals surface area contributed by atoms with Crippen LogP contribution in [-0.2, 0) is 0 Å². The molecule has 0 aliphatic rings. The Morgan fingerprint density at radius 2 is 2.00 bits per heavy atom. The first-order chi connectivity index (χ1) is 8.27. The molecule has 2 rings (SSSR count). The number of carbonyl (C=O) groups is 1. The predicted octanol–water partition coefficient (Wildman–Crippen LogP) is 2.26. The Morgan fingerprint density at radius 3 is 2.65 bits per heavy atom. The molecule has 0 aliphatic carbocycles. The monoisotopic (exact) mass is 246 g/mol. The highest BCUT2D eigenvalue weighted by Gasteiger charge is 2.12. The van der Waals surface area contributed by atoms with Gasteiger partial charge in [-0.25, -0.2) is 0 Å². The molecule has 0 radical (unpaired) electrons. The van der Waals surface area contributed by atoms with Crippen LogP contribution < -0.4 is 5.32 Å². The summed E-state index contributed by atoms with van der Waals surface area (Å²) in [6.45, 7) is 2.63. The van der Waals surface area contributed by atoms with E-state index in [4.69, 9.17) is 0 Å². The summed E-state index contributed by atoms with van der Waals surface area (Å²) in [5.74, 6) is 0.211. The molecular formula is C14H16NOS+. The maximum atomic E-state index is 11.8. The Morgan fingerprint density at radius 1 is 1.24 bits per heavy atom. The maximum Gasteiger partial charge on any atom is 0.226 e. The molecule has 3 heteroatoms. The fraction of sp³-hybridized carbons (Fsp3) is 0.214. The highest BCUT2D eigenvalue weighted by molar-refractivity contribution is 7.12. The number of ketones is 1. The van der Waals surface area contributed by atoms with Gasteiger partial charge in [0.15, 0.2) is 0 Å². The number of Topliss-reactive ketones (excluding diaryl/α,β-unsaturated/α-hetero) is 1. The molecule has 0 fully saturated rings. The summed E-state index contributed by atoms with van der Waals surface area (Å²) in [5, 5.41) is 4.02. The average Bonchev–Trinajstić information content (AvgIpc) is 2.90. The SMILES string of the molecule is C[C@H]([NH2+]CC(=O)c1cccs1)c1ccccc1. The Labute approximate surface area is 105 Å². The third-order valence-electron chi connectivity index (χ3n) is 2.78. The van der Waals surface area contributed by atoms with E-state index < -0.39 is 0 Å². The molecule has 2 N–H and O–H groups in total. The van der Waals surface area contributed by atoms with Crippen molar-refractivity contribution in [1.82, 2.24) is 0 Å². The normalized spacial score (nSPS) is 12.3. The third kappa shape index (κ3) is 3.25. The number of hydrogen-bond donors (Lipinski definition) is 1. The van der Waals surface area contributed by atoms with Crippen molar-refractivity contribution >= 4 is 17.1 Å². The third-order valence-corrected chi connectivity index (χ3v) is 3.69. The van der Waals surface area contributed by atoms with Crippen molar-refractivity contribution in [2.24, 2.45) is 0 Å². The molecule has 2 aromatic rings. The first-order valence-corrected chi connectivity index (χ1v) is 6.60. The van der Waals surface area contributed by atoms with Crippen LogP contribution in [0.5, 0.6) is 0 Å². The summed E-state index contributed by atoms with van der Waals surface area (Å²) in [4.78, 5) is 12.7. The van der Waals surface area contributed by atoms with Crippen LogP contribution in [0.25, 0.3) is 0 Å². The van der Waals surface area contributed by atoms with Gasteiger partial charge in [0.05, 0.1) is 4.88 Å². The Hall–Kier alpha value is -1.45. The molecule has 1 heterocycles. The van der Waals surface area contributed by atoms with Crippen molar-refractivity contribution in [3.05, 3.63) is 58.3 Å². The lowest BCUT2D eigenvalue weighted by molar-refractivity contribution is -0.681. The molecule has 0 amide bonds. The Balaban J connectivity index is 1.89. The van der Waals surface area contributed by atoms with Gasteiger partial charge in [-0.3, -0.25) is 4.79 Å². The molecule has 0 saturated carbocycles. The second-order valence-corrected chi connectivity index (χ2v) is 4.99. The van der Waals surface area contributed by atoms with E-state index in [1.54, 1.807) is 0 Å². The van der Waals surface area contributed by atoms with Gasteiger partial charge in [0.25, 0.3) is 0 Å². The van der Waals surface area contributed by atoms with Crippen LogP contribution in [0, 0.1) is 0 Å². The summed E-state index contributed by atoms with van der Waals surface area (Å²) in [7, 11) is 0. The highest BCUT2D eigenvalue weighted by Crippen LogP contribution is 2.09. The summed E-state index contributed by atoms with van der Waals surface area (Å²) in [6, 6.07) is 14.4. The smallest absolute Gasteiger partial charge is 0.226 e. The van der Waals surface area contributed by atoms with Crippen molar-refractivity contribution < 1.29 is 10.1 Å². The lowest BCUT2D eigenvalue weighted by atomic mass is 10.1. The quantitative estimate of drug-likeness (QED) is 0.807. The Kier molecular flexibility index (Phi) is 4.07. The Bertz CT molecular complexity index is 464. The van der Waals surface area contributed by atoms with E-state index in [-0.39, 0.29) is 5.78 Å². The number of hydrogen-bond acceptors (Lipinski definition) is 2. The van der Waals surface area contributed by atoms with Gasteiger partial charge in [-0.2, -0.15) is 0 Å². The van der Waals surface area contributed by atoms with Crippen molar-refractivity contribution in [3.8, 4) is 0 Å². The minimum absolute atomic E-state index is 0.211. The van der Waals surface area contributed by atoms with E-state index in [0.29, 0.717) is 12.6 Å². The molecular weight excluding hydrogens is 230 g/mol. The van der Waals surface area contributed by atoms with Crippen LogP contribution >= 0.6 is 11.3 Å². The second kappa shape index (κ2) is 5.75. The number of quaternary nitrogens is 1. The molecule has 0 aliphatic heterocycles. The van der Waals surface area contributed by atoms with Gasteiger partial charge in [0, 0.05) is 5.56 Å². The van der Waals surface area contributed by atoms with Gasteiger partial charge in [0.2, 0.25) is 5.78 Å². The van der Waals surface area contributed by atoms with Gasteiger partial charge in [0.1, 0.15) is 12.6 Å². The minimum atomic E-state index is 0.211. The zero-order chi connectivity index (χ0) is 12.1. The van der Waals surface area contributed by atoms with Crippen LogP contribution in [0.1, 0.15) is 28.2 Å². The summed E-state index contributed by atoms with van der Waals surface area (Å²) < 4.78 is 0. The first kappa shape index (κ1) is 12.0. The molecule has 1 aromatic carbocycles. The van der Waals surface area contributed by atoms with E-state index >= 15 is 0 Å². The van der Waals surface area contributed by atoms with Crippen molar-refractivity contribution in [3.63, 3.8) is 0 Å². The lowest BCUT2D eigenvalue weighted by Gasteiger charge is -2.09. The molecule has 1 atom stereocenters. The van der Waals surface area contributed by atoms with Crippen LogP contribution in [0.2, 0.25) is 0 Å². The summed E-state index contributed by atoms with van der Waals surface area (Å²) >= 11 is 1.51. The molecule has 88 valence electrons. The number of nitrogens with two attached hydrogens (primary N) is 1. The van der Waals surface area contributed by atoms with Gasteiger partial charge < -0.3 is 5.32 Å². The zero-order valence-corrected chi connectivity index (χ0v) is 10.6. The molecule has 1 aromatic heterocycles. The fourth-order valence-corrected chi connectivity index (χ4v) is 2.39. The van der Waals surface area contributed by atoms with Gasteiger partial charge in [-0.1, -0.05) is 36.4 Å².